The number of hydrogen-bond acceptors (Lipinski definition) is 6. The second kappa shape index (κ2) is 12.1. The molecule has 1 N–H and O–H groups in total. The molecule has 5 rings (SSSR count). The third-order valence-electron chi connectivity index (χ3n) is 7.80. The van der Waals surface area contributed by atoms with Gasteiger partial charge >= 0.3 is 0 Å². The Hall–Kier alpha value is -4.58. The fourth-order valence-corrected chi connectivity index (χ4v) is 5.65. The van der Waals surface area contributed by atoms with Crippen molar-refractivity contribution < 1.29 is 9.59 Å². The highest BCUT2D eigenvalue weighted by Crippen LogP contribution is 2.33. The third kappa shape index (κ3) is 5.49. The lowest BCUT2D eigenvalue weighted by Crippen LogP contribution is -2.27. The monoisotopic (exact) mass is 578 g/mol. The fourth-order valence-electron chi connectivity index (χ4n) is 5.41. The van der Waals surface area contributed by atoms with Crippen molar-refractivity contribution in [3.8, 4) is 17.2 Å². The molecule has 0 bridgehead atoms. The number of imidazole rings is 1. The number of halogens is 1. The van der Waals surface area contributed by atoms with E-state index < -0.39 is 0 Å². The van der Waals surface area contributed by atoms with E-state index in [1.165, 1.54) is 0 Å². The van der Waals surface area contributed by atoms with Gasteiger partial charge in [-0.15, -0.1) is 0 Å². The number of carbonyl (C=O) groups is 2. The Morgan fingerprint density at radius 1 is 1.17 bits per heavy atom. The maximum atomic E-state index is 13.3. The lowest BCUT2D eigenvalue weighted by atomic mass is 9.94. The van der Waals surface area contributed by atoms with Crippen molar-refractivity contribution in [2.45, 2.75) is 33.2 Å². The van der Waals surface area contributed by atoms with E-state index in [1.807, 2.05) is 56.8 Å². The van der Waals surface area contributed by atoms with Gasteiger partial charge in [-0.3, -0.25) is 14.6 Å². The van der Waals surface area contributed by atoms with Crippen LogP contribution in [0.4, 0.5) is 5.69 Å². The van der Waals surface area contributed by atoms with Gasteiger partial charge in [0.15, 0.2) is 5.82 Å². The average Bonchev–Trinajstić information content (AvgIpc) is 3.32. The molecular formula is C33H31ClN6O2. The third-order valence-corrected chi connectivity index (χ3v) is 8.13. The second-order valence-electron chi connectivity index (χ2n) is 10.4. The lowest BCUT2D eigenvalue weighted by Gasteiger charge is -2.21. The minimum Gasteiger partial charge on any atom is -0.327 e. The summed E-state index contributed by atoms with van der Waals surface area (Å²) in [6.07, 6.45) is 7.56. The first-order valence-electron chi connectivity index (χ1n) is 13.7. The van der Waals surface area contributed by atoms with Gasteiger partial charge in [0.25, 0.3) is 5.91 Å². The van der Waals surface area contributed by atoms with E-state index in [2.05, 4.69) is 26.3 Å². The first kappa shape index (κ1) is 28.9. The van der Waals surface area contributed by atoms with Gasteiger partial charge in [0.05, 0.1) is 17.0 Å². The summed E-state index contributed by atoms with van der Waals surface area (Å²) in [4.78, 5) is 36.0. The van der Waals surface area contributed by atoms with Crippen LogP contribution >= 0.6 is 11.6 Å². The van der Waals surface area contributed by atoms with Gasteiger partial charge in [0.1, 0.15) is 12.4 Å². The minimum atomic E-state index is -0.280. The molecule has 1 aliphatic heterocycles. The van der Waals surface area contributed by atoms with Crippen LogP contribution in [-0.2, 0) is 26.4 Å². The zero-order chi connectivity index (χ0) is 30.0. The molecule has 0 unspecified atom stereocenters. The lowest BCUT2D eigenvalue weighted by molar-refractivity contribution is 0.101. The Kier molecular flexibility index (Phi) is 8.34. The molecular weight excluding hydrogens is 548 g/mol. The number of aldehydes is 1. The van der Waals surface area contributed by atoms with Crippen molar-refractivity contribution >= 4 is 41.6 Å². The van der Waals surface area contributed by atoms with Crippen molar-refractivity contribution in [1.82, 2.24) is 19.4 Å². The molecule has 2 aromatic heterocycles. The van der Waals surface area contributed by atoms with Crippen LogP contribution < -0.4 is 5.32 Å². The van der Waals surface area contributed by atoms with E-state index >= 15 is 0 Å². The summed E-state index contributed by atoms with van der Waals surface area (Å²) in [5.74, 6) is 0.0952. The largest absolute Gasteiger partial charge is 0.327 e. The summed E-state index contributed by atoms with van der Waals surface area (Å²) in [7, 11) is 3.93. The minimum absolute atomic E-state index is 0.280. The summed E-state index contributed by atoms with van der Waals surface area (Å²) in [5.41, 5.74) is 8.08. The predicted molar refractivity (Wildman–Crippen MR) is 165 cm³/mol. The molecule has 4 aromatic rings. The number of amides is 1. The molecule has 42 heavy (non-hydrogen) atoms. The molecule has 212 valence electrons. The zero-order valence-electron chi connectivity index (χ0n) is 24.0. The summed E-state index contributed by atoms with van der Waals surface area (Å²) in [6.45, 7) is 5.54. The molecule has 9 heteroatoms. The highest BCUT2D eigenvalue weighted by Gasteiger charge is 2.24. The molecule has 0 radical (unpaired) electrons. The summed E-state index contributed by atoms with van der Waals surface area (Å²) < 4.78 is 1.88. The van der Waals surface area contributed by atoms with Crippen molar-refractivity contribution in [3.63, 3.8) is 0 Å². The van der Waals surface area contributed by atoms with Crippen LogP contribution in [0, 0.1) is 18.3 Å². The highest BCUT2D eigenvalue weighted by atomic mass is 35.5. The summed E-state index contributed by atoms with van der Waals surface area (Å²) >= 11 is 6.44. The number of nitrogens with zero attached hydrogens (tertiary/aromatic N) is 5. The van der Waals surface area contributed by atoms with E-state index in [0.717, 1.165) is 59.4 Å². The molecule has 3 heterocycles. The second-order valence-corrected chi connectivity index (χ2v) is 10.8. The predicted octanol–water partition coefficient (Wildman–Crippen LogP) is 6.10. The Balaban J connectivity index is 1.46. The van der Waals surface area contributed by atoms with Crippen LogP contribution in [0.2, 0.25) is 5.02 Å². The molecule has 0 spiro atoms. The van der Waals surface area contributed by atoms with Crippen molar-refractivity contribution in [1.29, 1.82) is 5.26 Å². The molecule has 1 aliphatic rings. The van der Waals surface area contributed by atoms with Gasteiger partial charge in [-0.05, 0) is 73.0 Å². The quantitative estimate of drug-likeness (QED) is 0.266. The number of rotatable bonds is 7. The molecule has 2 aromatic carbocycles. The first-order valence-corrected chi connectivity index (χ1v) is 14.1. The summed E-state index contributed by atoms with van der Waals surface area (Å²) in [6, 6.07) is 13.3. The Morgan fingerprint density at radius 2 is 1.98 bits per heavy atom. The fraction of sp³-hybridized carbons (Fsp3) is 0.242. The maximum Gasteiger partial charge on any atom is 0.291 e. The van der Waals surface area contributed by atoms with Crippen LogP contribution in [0.1, 0.15) is 67.2 Å². The number of carbonyl (C=O) groups excluding carboxylic acids is 2. The van der Waals surface area contributed by atoms with Crippen LogP contribution in [0.5, 0.6) is 0 Å². The molecule has 0 saturated carbocycles. The molecule has 0 aliphatic carbocycles. The van der Waals surface area contributed by atoms with Gasteiger partial charge in [-0.1, -0.05) is 36.7 Å². The number of nitrogens with one attached hydrogen (secondary N) is 1. The number of nitriles is 1. The van der Waals surface area contributed by atoms with E-state index in [1.54, 1.807) is 30.5 Å². The van der Waals surface area contributed by atoms with Gasteiger partial charge in [0, 0.05) is 60.3 Å². The molecule has 1 amide bonds. The van der Waals surface area contributed by atoms with Crippen molar-refractivity contribution in [2.75, 3.05) is 18.9 Å². The standard InChI is InChI=1S/C33H31ClN6O2/c1-5-21-15-22(27(34)16-23(21)19-41)9-10-29-26(17-35)25(11-13-36-29)24-7-6-8-28(20(24)2)38-33(42)32-37-30-18-39(3)14-12-31(30)40(32)4/h6-11,13,15-16,19H,5,12,14,18H2,1-4H3,(H,38,42)/b10-9+. The number of benzene rings is 2. The van der Waals surface area contributed by atoms with Gasteiger partial charge in [-0.25, -0.2) is 4.98 Å². The maximum absolute atomic E-state index is 13.3. The van der Waals surface area contributed by atoms with Crippen molar-refractivity contribution in [3.05, 3.63) is 98.3 Å². The van der Waals surface area contributed by atoms with Crippen LogP contribution in [0.3, 0.4) is 0 Å². The first-order chi connectivity index (χ1) is 20.2. The molecule has 8 nitrogen and oxygen atoms in total. The van der Waals surface area contributed by atoms with E-state index in [4.69, 9.17) is 11.6 Å². The molecule has 0 atom stereocenters. The number of hydrogen-bond donors (Lipinski definition) is 1. The zero-order valence-corrected chi connectivity index (χ0v) is 24.8. The number of anilines is 1. The highest BCUT2D eigenvalue weighted by molar-refractivity contribution is 6.32. The Bertz CT molecular complexity index is 1780. The van der Waals surface area contributed by atoms with E-state index in [9.17, 15) is 14.9 Å². The SMILES string of the molecule is CCc1cc(/C=C/c2nccc(-c3cccc(NC(=O)c4nc5c(n4C)CCN(C)C5)c3C)c2C#N)c(Cl)cc1C=O. The number of aryl methyl sites for hydroxylation is 1. The van der Waals surface area contributed by atoms with Gasteiger partial charge in [-0.2, -0.15) is 5.26 Å². The molecule has 0 fully saturated rings. The van der Waals surface area contributed by atoms with Crippen LogP contribution in [0.15, 0.2) is 42.6 Å². The van der Waals surface area contributed by atoms with Gasteiger partial charge in [0.2, 0.25) is 0 Å². The average molecular weight is 579 g/mol. The van der Waals surface area contributed by atoms with Crippen molar-refractivity contribution in [2.24, 2.45) is 7.05 Å². The topological polar surface area (TPSA) is 104 Å². The summed E-state index contributed by atoms with van der Waals surface area (Å²) in [5, 5.41) is 13.7. The number of likely N-dealkylation sites (N-methyl/N-ethyl adjacent to an activating group) is 1. The van der Waals surface area contributed by atoms with Crippen LogP contribution in [0.25, 0.3) is 23.3 Å². The van der Waals surface area contributed by atoms with Gasteiger partial charge < -0.3 is 14.8 Å². The number of fused-ring (bicyclic) bond motifs is 1. The smallest absolute Gasteiger partial charge is 0.291 e. The Labute approximate surface area is 250 Å². The molecule has 0 saturated heterocycles. The number of pyridine rings is 1. The number of aromatic nitrogens is 3. The van der Waals surface area contributed by atoms with Crippen LogP contribution in [-0.4, -0.2) is 45.2 Å². The Morgan fingerprint density at radius 3 is 2.71 bits per heavy atom. The van der Waals surface area contributed by atoms with E-state index in [0.29, 0.717) is 45.3 Å². The van der Waals surface area contributed by atoms with E-state index in [-0.39, 0.29) is 5.91 Å². The normalized spacial score (nSPS) is 13.1.